The van der Waals surface area contributed by atoms with Crippen molar-refractivity contribution in [3.63, 3.8) is 0 Å². The first-order valence-corrected chi connectivity index (χ1v) is 6.68. The molecule has 18 heavy (non-hydrogen) atoms. The fourth-order valence-corrected chi connectivity index (χ4v) is 2.99. The van der Waals surface area contributed by atoms with Gasteiger partial charge < -0.3 is 9.47 Å². The van der Waals surface area contributed by atoms with Crippen molar-refractivity contribution in [1.29, 1.82) is 0 Å². The SMILES string of the molecule is NNC(c1cccc2c1OCC2)C1CCCOC1. The van der Waals surface area contributed by atoms with E-state index in [0.717, 1.165) is 44.8 Å². The van der Waals surface area contributed by atoms with E-state index >= 15 is 0 Å². The summed E-state index contributed by atoms with van der Waals surface area (Å²) in [6, 6.07) is 6.47. The van der Waals surface area contributed by atoms with Crippen molar-refractivity contribution >= 4 is 0 Å². The van der Waals surface area contributed by atoms with Crippen molar-refractivity contribution < 1.29 is 9.47 Å². The number of fused-ring (bicyclic) bond motifs is 1. The van der Waals surface area contributed by atoms with Crippen LogP contribution in [-0.4, -0.2) is 19.8 Å². The zero-order valence-corrected chi connectivity index (χ0v) is 10.5. The van der Waals surface area contributed by atoms with Gasteiger partial charge in [-0.15, -0.1) is 0 Å². The lowest BCUT2D eigenvalue weighted by Gasteiger charge is -2.30. The predicted octanol–water partition coefficient (Wildman–Crippen LogP) is 1.55. The van der Waals surface area contributed by atoms with Crippen LogP contribution in [0.4, 0.5) is 0 Å². The lowest BCUT2D eigenvalue weighted by molar-refractivity contribution is 0.0386. The molecule has 0 aromatic heterocycles. The van der Waals surface area contributed by atoms with Crippen molar-refractivity contribution in [3.05, 3.63) is 29.3 Å². The number of nitrogens with one attached hydrogen (secondary N) is 1. The van der Waals surface area contributed by atoms with Crippen LogP contribution in [0.2, 0.25) is 0 Å². The molecule has 0 radical (unpaired) electrons. The zero-order chi connectivity index (χ0) is 12.4. The minimum Gasteiger partial charge on any atom is -0.493 e. The van der Waals surface area contributed by atoms with Crippen molar-refractivity contribution in [2.45, 2.75) is 25.3 Å². The summed E-state index contributed by atoms with van der Waals surface area (Å²) in [4.78, 5) is 0. The van der Waals surface area contributed by atoms with Gasteiger partial charge in [-0.05, 0) is 18.4 Å². The van der Waals surface area contributed by atoms with E-state index in [0.29, 0.717) is 5.92 Å². The number of rotatable bonds is 3. The second-order valence-electron chi connectivity index (χ2n) is 5.06. The summed E-state index contributed by atoms with van der Waals surface area (Å²) in [5, 5.41) is 0. The van der Waals surface area contributed by atoms with Gasteiger partial charge in [0.15, 0.2) is 0 Å². The quantitative estimate of drug-likeness (QED) is 0.629. The summed E-state index contributed by atoms with van der Waals surface area (Å²) in [6.07, 6.45) is 3.26. The van der Waals surface area contributed by atoms with Crippen LogP contribution >= 0.6 is 0 Å². The Balaban J connectivity index is 1.89. The Morgan fingerprint density at radius 2 is 2.28 bits per heavy atom. The van der Waals surface area contributed by atoms with Gasteiger partial charge in [0.05, 0.1) is 19.3 Å². The zero-order valence-electron chi connectivity index (χ0n) is 10.5. The Hall–Kier alpha value is -1.10. The van der Waals surface area contributed by atoms with Crippen LogP contribution in [0.25, 0.3) is 0 Å². The number of hydrogen-bond acceptors (Lipinski definition) is 4. The molecule has 3 rings (SSSR count). The summed E-state index contributed by atoms with van der Waals surface area (Å²) >= 11 is 0. The van der Waals surface area contributed by atoms with Crippen LogP contribution in [0.1, 0.15) is 30.0 Å². The highest BCUT2D eigenvalue weighted by molar-refractivity contribution is 5.45. The number of benzene rings is 1. The van der Waals surface area contributed by atoms with Crippen LogP contribution in [-0.2, 0) is 11.2 Å². The standard InChI is InChI=1S/C14H20N2O2/c15-16-13(11-4-2-7-17-9-11)12-5-1-3-10-6-8-18-14(10)12/h1,3,5,11,13,16H,2,4,6-9,15H2. The first kappa shape index (κ1) is 12.0. The highest BCUT2D eigenvalue weighted by Gasteiger charge is 2.29. The van der Waals surface area contributed by atoms with Crippen molar-refractivity contribution in [2.24, 2.45) is 11.8 Å². The third-order valence-corrected chi connectivity index (χ3v) is 3.93. The van der Waals surface area contributed by atoms with Gasteiger partial charge in [0.2, 0.25) is 0 Å². The average molecular weight is 248 g/mol. The molecule has 0 saturated carbocycles. The Labute approximate surface area is 107 Å². The number of hydrogen-bond donors (Lipinski definition) is 2. The van der Waals surface area contributed by atoms with E-state index in [4.69, 9.17) is 15.3 Å². The second kappa shape index (κ2) is 5.26. The van der Waals surface area contributed by atoms with Gasteiger partial charge in [-0.3, -0.25) is 11.3 Å². The van der Waals surface area contributed by atoms with E-state index in [1.54, 1.807) is 0 Å². The molecule has 1 fully saturated rings. The number of nitrogens with two attached hydrogens (primary N) is 1. The molecular formula is C14H20N2O2. The Kier molecular flexibility index (Phi) is 3.50. The second-order valence-corrected chi connectivity index (χ2v) is 5.06. The molecule has 0 bridgehead atoms. The maximum Gasteiger partial charge on any atom is 0.127 e. The minimum absolute atomic E-state index is 0.123. The monoisotopic (exact) mass is 248 g/mol. The van der Waals surface area contributed by atoms with E-state index < -0.39 is 0 Å². The lowest BCUT2D eigenvalue weighted by Crippen LogP contribution is -2.37. The van der Waals surface area contributed by atoms with Crippen LogP contribution in [0.15, 0.2) is 18.2 Å². The Morgan fingerprint density at radius 3 is 3.06 bits per heavy atom. The molecule has 2 unspecified atom stereocenters. The summed E-state index contributed by atoms with van der Waals surface area (Å²) in [7, 11) is 0. The molecule has 2 aliphatic rings. The molecule has 2 heterocycles. The number of hydrazine groups is 1. The van der Waals surface area contributed by atoms with Crippen molar-refractivity contribution in [2.75, 3.05) is 19.8 Å². The third-order valence-electron chi connectivity index (χ3n) is 3.93. The topological polar surface area (TPSA) is 56.5 Å². The molecule has 2 aliphatic heterocycles. The van der Waals surface area contributed by atoms with Crippen molar-refractivity contribution in [3.8, 4) is 5.75 Å². The molecule has 3 N–H and O–H groups in total. The molecule has 0 amide bonds. The van der Waals surface area contributed by atoms with E-state index in [-0.39, 0.29) is 6.04 Å². The van der Waals surface area contributed by atoms with Gasteiger partial charge in [-0.25, -0.2) is 0 Å². The molecule has 98 valence electrons. The van der Waals surface area contributed by atoms with Gasteiger partial charge in [-0.2, -0.15) is 0 Å². The van der Waals surface area contributed by atoms with Crippen molar-refractivity contribution in [1.82, 2.24) is 5.43 Å². The minimum atomic E-state index is 0.123. The van der Waals surface area contributed by atoms with Crippen LogP contribution < -0.4 is 16.0 Å². The molecule has 1 aromatic rings. The summed E-state index contributed by atoms with van der Waals surface area (Å²) in [6.45, 7) is 2.43. The molecule has 1 saturated heterocycles. The molecule has 0 aliphatic carbocycles. The lowest BCUT2D eigenvalue weighted by atomic mass is 9.88. The van der Waals surface area contributed by atoms with Gasteiger partial charge >= 0.3 is 0 Å². The van der Waals surface area contributed by atoms with Crippen LogP contribution in [0.5, 0.6) is 5.75 Å². The fraction of sp³-hybridized carbons (Fsp3) is 0.571. The molecule has 1 aromatic carbocycles. The summed E-state index contributed by atoms with van der Waals surface area (Å²) in [5.41, 5.74) is 5.44. The first-order chi connectivity index (χ1) is 8.90. The largest absolute Gasteiger partial charge is 0.493 e. The number of para-hydroxylation sites is 1. The van der Waals surface area contributed by atoms with Gasteiger partial charge in [0.1, 0.15) is 5.75 Å². The molecule has 0 spiro atoms. The van der Waals surface area contributed by atoms with E-state index in [2.05, 4.69) is 23.6 Å². The smallest absolute Gasteiger partial charge is 0.127 e. The van der Waals surface area contributed by atoms with E-state index in [9.17, 15) is 0 Å². The Bertz CT molecular complexity index is 416. The molecule has 4 nitrogen and oxygen atoms in total. The van der Waals surface area contributed by atoms with Crippen LogP contribution in [0.3, 0.4) is 0 Å². The normalized spacial score (nSPS) is 24.4. The van der Waals surface area contributed by atoms with Gasteiger partial charge in [0.25, 0.3) is 0 Å². The highest BCUT2D eigenvalue weighted by atomic mass is 16.5. The predicted molar refractivity (Wildman–Crippen MR) is 69.2 cm³/mol. The maximum atomic E-state index is 5.77. The van der Waals surface area contributed by atoms with Crippen LogP contribution in [0, 0.1) is 5.92 Å². The fourth-order valence-electron chi connectivity index (χ4n) is 2.99. The molecular weight excluding hydrogens is 228 g/mol. The van der Waals surface area contributed by atoms with Gasteiger partial charge in [0, 0.05) is 24.5 Å². The first-order valence-electron chi connectivity index (χ1n) is 6.68. The number of ether oxygens (including phenoxy) is 2. The van der Waals surface area contributed by atoms with E-state index in [1.807, 2.05) is 0 Å². The molecule has 2 atom stereocenters. The average Bonchev–Trinajstić information content (AvgIpc) is 2.90. The van der Waals surface area contributed by atoms with E-state index in [1.165, 1.54) is 11.1 Å². The Morgan fingerprint density at radius 1 is 1.33 bits per heavy atom. The maximum absolute atomic E-state index is 5.77. The highest BCUT2D eigenvalue weighted by Crippen LogP contribution is 2.37. The van der Waals surface area contributed by atoms with Gasteiger partial charge in [-0.1, -0.05) is 18.2 Å². The molecule has 4 heteroatoms. The summed E-state index contributed by atoms with van der Waals surface area (Å²) < 4.78 is 11.3. The third kappa shape index (κ3) is 2.11. The summed E-state index contributed by atoms with van der Waals surface area (Å²) in [5.74, 6) is 7.23.